The molecule has 6 heteroatoms. The van der Waals surface area contributed by atoms with Crippen LogP contribution in [0.2, 0.25) is 0 Å². The van der Waals surface area contributed by atoms with Gasteiger partial charge < -0.3 is 14.4 Å². The van der Waals surface area contributed by atoms with Crippen LogP contribution in [0.4, 0.5) is 5.69 Å². The van der Waals surface area contributed by atoms with Gasteiger partial charge in [0.15, 0.2) is 0 Å². The summed E-state index contributed by atoms with van der Waals surface area (Å²) < 4.78 is 10.5. The zero-order valence-corrected chi connectivity index (χ0v) is 24.1. The van der Waals surface area contributed by atoms with E-state index in [4.69, 9.17) is 9.47 Å². The van der Waals surface area contributed by atoms with Crippen LogP contribution in [0, 0.1) is 11.8 Å². The molecule has 0 radical (unpaired) electrons. The first kappa shape index (κ1) is 27.3. The Labute approximate surface area is 242 Å². The van der Waals surface area contributed by atoms with Gasteiger partial charge in [0.05, 0.1) is 38.0 Å². The van der Waals surface area contributed by atoms with E-state index in [1.54, 1.807) is 13.4 Å². The Bertz CT molecular complexity index is 1470. The minimum absolute atomic E-state index is 0.0109. The Balaban J connectivity index is 1.39. The van der Waals surface area contributed by atoms with Crippen LogP contribution < -0.4 is 4.90 Å². The first-order valence-corrected chi connectivity index (χ1v) is 14.6. The van der Waals surface area contributed by atoms with Crippen molar-refractivity contribution in [3.63, 3.8) is 0 Å². The predicted octanol–water partition coefficient (Wildman–Crippen LogP) is 5.96. The summed E-state index contributed by atoms with van der Waals surface area (Å²) in [5.41, 5.74) is 5.43. The van der Waals surface area contributed by atoms with E-state index in [0.29, 0.717) is 18.5 Å². The molecule has 3 aliphatic rings. The van der Waals surface area contributed by atoms with Crippen molar-refractivity contribution in [2.75, 3.05) is 32.2 Å². The molecular weight excluding hydrogens is 512 g/mol. The van der Waals surface area contributed by atoms with Gasteiger partial charge in [-0.05, 0) is 59.5 Å². The number of hydrogen-bond acceptors (Lipinski definition) is 5. The van der Waals surface area contributed by atoms with Crippen LogP contribution in [0.25, 0.3) is 11.1 Å². The average Bonchev–Trinajstić information content (AvgIpc) is 3.51. The van der Waals surface area contributed by atoms with Crippen LogP contribution in [-0.2, 0) is 31.0 Å². The lowest BCUT2D eigenvalue weighted by atomic mass is 9.67. The summed E-state index contributed by atoms with van der Waals surface area (Å²) in [6, 6.07) is 27.0. The molecule has 6 rings (SSSR count). The normalized spacial score (nSPS) is 25.7. The van der Waals surface area contributed by atoms with Crippen LogP contribution in [0.5, 0.6) is 0 Å². The molecule has 2 saturated heterocycles. The highest BCUT2D eigenvalue weighted by Gasteiger charge is 2.62. The minimum Gasteiger partial charge on any atom is -0.504 e. The molecule has 212 valence electrons. The number of esters is 1. The summed E-state index contributed by atoms with van der Waals surface area (Å²) >= 11 is 0. The SMILES string of the molecule is CC[C@H]1CN2CC[C@]3(C(=O)N(Cc4ccccc4-c4ccccc4)c4ccccc43)C2C[C@@H]1/C(=C\OC)C(=O)OC. The Hall–Kier alpha value is -3.90. The van der Waals surface area contributed by atoms with Gasteiger partial charge in [-0.15, -0.1) is 0 Å². The van der Waals surface area contributed by atoms with Gasteiger partial charge in [0.1, 0.15) is 0 Å². The number of amides is 1. The number of carbonyl (C=O) groups is 2. The molecular formula is C35H38N2O4. The number of benzene rings is 3. The van der Waals surface area contributed by atoms with Crippen LogP contribution in [0.15, 0.2) is 90.7 Å². The van der Waals surface area contributed by atoms with Crippen molar-refractivity contribution >= 4 is 17.6 Å². The molecule has 3 aliphatic heterocycles. The number of nitrogens with zero attached hydrogens (tertiary/aromatic N) is 2. The molecule has 1 amide bonds. The predicted molar refractivity (Wildman–Crippen MR) is 160 cm³/mol. The molecule has 3 aromatic carbocycles. The summed E-state index contributed by atoms with van der Waals surface area (Å²) in [7, 11) is 2.98. The molecule has 0 N–H and O–H groups in total. The van der Waals surface area contributed by atoms with Crippen molar-refractivity contribution < 1.29 is 19.1 Å². The second-order valence-electron chi connectivity index (χ2n) is 11.5. The molecule has 1 unspecified atom stereocenters. The summed E-state index contributed by atoms with van der Waals surface area (Å²) in [5, 5.41) is 0. The largest absolute Gasteiger partial charge is 0.504 e. The van der Waals surface area contributed by atoms with Crippen molar-refractivity contribution in [3.8, 4) is 11.1 Å². The van der Waals surface area contributed by atoms with E-state index in [-0.39, 0.29) is 29.8 Å². The average molecular weight is 551 g/mol. The number of rotatable bonds is 7. The van der Waals surface area contributed by atoms with Gasteiger partial charge in [-0.25, -0.2) is 4.79 Å². The standard InChI is InChI=1S/C35H38N2O4/c1-4-24-21-36-19-18-35(32(36)20-28(24)29(23-40-2)33(38)41-3)30-16-10-11-17-31(30)37(34(35)39)22-26-14-8-9-15-27(26)25-12-6-5-7-13-25/h5-17,23-24,28,32H,4,18-22H2,1-3H3/b29-23+/t24-,28-,32?,35+/m0/s1. The van der Waals surface area contributed by atoms with Crippen LogP contribution in [0.1, 0.15) is 37.3 Å². The number of para-hydroxylation sites is 1. The number of hydrogen-bond donors (Lipinski definition) is 0. The van der Waals surface area contributed by atoms with E-state index in [0.717, 1.165) is 53.9 Å². The molecule has 0 aromatic heterocycles. The van der Waals surface area contributed by atoms with Crippen molar-refractivity contribution in [3.05, 3.63) is 102 Å². The van der Waals surface area contributed by atoms with Crippen molar-refractivity contribution in [1.82, 2.24) is 4.90 Å². The van der Waals surface area contributed by atoms with E-state index >= 15 is 0 Å². The summed E-state index contributed by atoms with van der Waals surface area (Å²) in [5.74, 6) is 0.0464. The fourth-order valence-corrected chi connectivity index (χ4v) is 7.71. The fraction of sp³-hybridized carbons (Fsp3) is 0.371. The van der Waals surface area contributed by atoms with Gasteiger partial charge in [0, 0.05) is 18.3 Å². The van der Waals surface area contributed by atoms with Crippen molar-refractivity contribution in [1.29, 1.82) is 0 Å². The molecule has 0 saturated carbocycles. The highest BCUT2D eigenvalue weighted by Crippen LogP contribution is 2.55. The van der Waals surface area contributed by atoms with Crippen molar-refractivity contribution in [2.24, 2.45) is 11.8 Å². The first-order chi connectivity index (χ1) is 20.0. The van der Waals surface area contributed by atoms with Gasteiger partial charge in [0.2, 0.25) is 5.91 Å². The minimum atomic E-state index is -0.649. The second-order valence-corrected chi connectivity index (χ2v) is 11.5. The molecule has 3 heterocycles. The van der Waals surface area contributed by atoms with Gasteiger partial charge in [-0.2, -0.15) is 0 Å². The lowest BCUT2D eigenvalue weighted by Crippen LogP contribution is -2.54. The van der Waals surface area contributed by atoms with Crippen molar-refractivity contribution in [2.45, 2.75) is 44.2 Å². The van der Waals surface area contributed by atoms with E-state index in [1.807, 2.05) is 35.2 Å². The molecule has 4 atom stereocenters. The van der Waals surface area contributed by atoms with Crippen LogP contribution in [0.3, 0.4) is 0 Å². The van der Waals surface area contributed by atoms with Crippen LogP contribution in [-0.4, -0.2) is 50.1 Å². The van der Waals surface area contributed by atoms with Gasteiger partial charge in [0.25, 0.3) is 0 Å². The number of carbonyl (C=O) groups excluding carboxylic acids is 2. The maximum absolute atomic E-state index is 14.8. The topological polar surface area (TPSA) is 59.1 Å². The maximum atomic E-state index is 14.8. The van der Waals surface area contributed by atoms with E-state index in [2.05, 4.69) is 60.4 Å². The molecule has 41 heavy (non-hydrogen) atoms. The lowest BCUT2D eigenvalue weighted by molar-refractivity contribution is -0.137. The van der Waals surface area contributed by atoms with E-state index < -0.39 is 5.41 Å². The monoisotopic (exact) mass is 550 g/mol. The molecule has 2 fully saturated rings. The Kier molecular flexibility index (Phi) is 7.43. The fourth-order valence-electron chi connectivity index (χ4n) is 7.71. The number of ether oxygens (including phenoxy) is 2. The highest BCUT2D eigenvalue weighted by molar-refractivity contribution is 6.09. The smallest absolute Gasteiger partial charge is 0.337 e. The van der Waals surface area contributed by atoms with Gasteiger partial charge in [-0.3, -0.25) is 9.69 Å². The Morgan fingerprint density at radius 2 is 1.73 bits per heavy atom. The number of methoxy groups -OCH3 is 2. The third-order valence-electron chi connectivity index (χ3n) is 9.64. The first-order valence-electron chi connectivity index (χ1n) is 14.6. The Morgan fingerprint density at radius 3 is 2.49 bits per heavy atom. The molecule has 6 nitrogen and oxygen atoms in total. The maximum Gasteiger partial charge on any atom is 0.337 e. The zero-order valence-electron chi connectivity index (χ0n) is 24.1. The molecule has 3 aromatic rings. The van der Waals surface area contributed by atoms with Crippen LogP contribution >= 0.6 is 0 Å². The summed E-state index contributed by atoms with van der Waals surface area (Å²) in [6.07, 6.45) is 3.96. The zero-order chi connectivity index (χ0) is 28.6. The second kappa shape index (κ2) is 11.2. The number of fused-ring (bicyclic) bond motifs is 4. The summed E-state index contributed by atoms with van der Waals surface area (Å²) in [4.78, 5) is 32.2. The summed E-state index contributed by atoms with van der Waals surface area (Å²) in [6.45, 7) is 4.39. The van der Waals surface area contributed by atoms with E-state index in [9.17, 15) is 9.59 Å². The van der Waals surface area contributed by atoms with Gasteiger partial charge in [-0.1, -0.05) is 86.1 Å². The highest BCUT2D eigenvalue weighted by atomic mass is 16.5. The third-order valence-corrected chi connectivity index (χ3v) is 9.64. The lowest BCUT2D eigenvalue weighted by Gasteiger charge is -2.45. The van der Waals surface area contributed by atoms with E-state index in [1.165, 1.54) is 7.11 Å². The Morgan fingerprint density at radius 1 is 1.00 bits per heavy atom. The molecule has 0 bridgehead atoms. The quantitative estimate of drug-likeness (QED) is 0.206. The number of anilines is 1. The molecule has 0 aliphatic carbocycles. The third kappa shape index (κ3) is 4.45. The molecule has 1 spiro atoms. The number of piperidine rings is 1. The van der Waals surface area contributed by atoms with Gasteiger partial charge >= 0.3 is 5.97 Å².